The van der Waals surface area contributed by atoms with E-state index < -0.39 is 0 Å². The van der Waals surface area contributed by atoms with E-state index in [0.29, 0.717) is 0 Å². The van der Waals surface area contributed by atoms with Gasteiger partial charge in [-0.2, -0.15) is 5.10 Å². The molecule has 3 nitrogen and oxygen atoms in total. The maximum atomic E-state index is 4.69. The number of hydrogen-bond acceptors (Lipinski definition) is 3. The number of hydrogen-bond donors (Lipinski definition) is 0. The summed E-state index contributed by atoms with van der Waals surface area (Å²) in [7, 11) is 0. The van der Waals surface area contributed by atoms with Crippen molar-refractivity contribution >= 4 is 32.2 Å². The Morgan fingerprint density at radius 1 is 1.39 bits per heavy atom. The predicted octanol–water partition coefficient (Wildman–Crippen LogP) is 4.09. The minimum atomic E-state index is 0.958. The van der Waals surface area contributed by atoms with Gasteiger partial charge in [-0.25, -0.2) is 9.50 Å². The minimum absolute atomic E-state index is 0.958. The van der Waals surface area contributed by atoms with E-state index in [1.807, 2.05) is 16.6 Å². The molecule has 0 bridgehead atoms. The summed E-state index contributed by atoms with van der Waals surface area (Å²) in [6, 6.07) is 8.20. The second-order valence-electron chi connectivity index (χ2n) is 4.10. The second-order valence-corrected chi connectivity index (χ2v) is 6.06. The molecule has 3 aromatic rings. The number of benzene rings is 1. The van der Waals surface area contributed by atoms with Crippen molar-refractivity contribution in [2.45, 2.75) is 20.3 Å². The molecule has 2 heterocycles. The third-order valence-electron chi connectivity index (χ3n) is 2.87. The molecule has 0 N–H and O–H groups in total. The van der Waals surface area contributed by atoms with Gasteiger partial charge in [0.25, 0.3) is 0 Å². The lowest BCUT2D eigenvalue weighted by Crippen LogP contribution is -1.90. The Labute approximate surface area is 118 Å². The molecular formula is C13H12BrN3S. The van der Waals surface area contributed by atoms with Gasteiger partial charge in [-0.05, 0) is 25.5 Å². The average Bonchev–Trinajstić information content (AvgIpc) is 2.89. The van der Waals surface area contributed by atoms with Gasteiger partial charge < -0.3 is 0 Å². The Morgan fingerprint density at radius 3 is 2.89 bits per heavy atom. The molecule has 0 spiro atoms. The molecule has 0 aliphatic rings. The zero-order valence-corrected chi connectivity index (χ0v) is 12.5. The lowest BCUT2D eigenvalue weighted by atomic mass is 10.1. The summed E-state index contributed by atoms with van der Waals surface area (Å²) < 4.78 is 3.01. The smallest absolute Gasteiger partial charge is 0.212 e. The van der Waals surface area contributed by atoms with Gasteiger partial charge in [-0.1, -0.05) is 46.3 Å². The van der Waals surface area contributed by atoms with Gasteiger partial charge in [0, 0.05) is 10.0 Å². The van der Waals surface area contributed by atoms with E-state index in [2.05, 4.69) is 47.0 Å². The first-order valence-corrected chi connectivity index (χ1v) is 7.41. The van der Waals surface area contributed by atoms with E-state index in [0.717, 1.165) is 37.8 Å². The molecule has 0 saturated carbocycles. The molecule has 2 aromatic heterocycles. The maximum Gasteiger partial charge on any atom is 0.212 e. The van der Waals surface area contributed by atoms with Crippen LogP contribution in [0.4, 0.5) is 0 Å². The topological polar surface area (TPSA) is 30.2 Å². The van der Waals surface area contributed by atoms with Crippen LogP contribution in [0.1, 0.15) is 17.6 Å². The molecule has 0 saturated heterocycles. The zero-order valence-electron chi connectivity index (χ0n) is 10.1. The standard InChI is InChI=1S/C13H12BrN3S/c1-3-11-16-17-8(2)12(15-13(17)18-11)9-5-4-6-10(14)7-9/h4-7H,3H2,1-2H3. The zero-order chi connectivity index (χ0) is 12.7. The third kappa shape index (κ3) is 1.87. The number of aromatic nitrogens is 3. The van der Waals surface area contributed by atoms with E-state index in [1.165, 1.54) is 0 Å². The van der Waals surface area contributed by atoms with Crippen LogP contribution < -0.4 is 0 Å². The summed E-state index contributed by atoms with van der Waals surface area (Å²) in [5.74, 6) is 0. The summed E-state index contributed by atoms with van der Waals surface area (Å²) in [4.78, 5) is 5.66. The highest BCUT2D eigenvalue weighted by molar-refractivity contribution is 9.10. The molecular weight excluding hydrogens is 310 g/mol. The predicted molar refractivity (Wildman–Crippen MR) is 78.1 cm³/mol. The molecule has 0 aliphatic carbocycles. The molecule has 0 unspecified atom stereocenters. The average molecular weight is 322 g/mol. The third-order valence-corrected chi connectivity index (χ3v) is 4.42. The Morgan fingerprint density at radius 2 is 2.22 bits per heavy atom. The van der Waals surface area contributed by atoms with Crippen molar-refractivity contribution in [1.29, 1.82) is 0 Å². The van der Waals surface area contributed by atoms with Crippen molar-refractivity contribution in [2.24, 2.45) is 0 Å². The highest BCUT2D eigenvalue weighted by Crippen LogP contribution is 2.28. The Balaban J connectivity index is 2.18. The fourth-order valence-electron chi connectivity index (χ4n) is 1.94. The summed E-state index contributed by atoms with van der Waals surface area (Å²) in [6.07, 6.45) is 0.958. The van der Waals surface area contributed by atoms with Crippen LogP contribution in [0.2, 0.25) is 0 Å². The Hall–Kier alpha value is -1.20. The number of aryl methyl sites for hydroxylation is 2. The van der Waals surface area contributed by atoms with Gasteiger partial charge in [0.2, 0.25) is 4.96 Å². The highest BCUT2D eigenvalue weighted by Gasteiger charge is 2.14. The van der Waals surface area contributed by atoms with Crippen molar-refractivity contribution in [2.75, 3.05) is 0 Å². The van der Waals surface area contributed by atoms with Gasteiger partial charge in [-0.15, -0.1) is 0 Å². The lowest BCUT2D eigenvalue weighted by molar-refractivity contribution is 0.882. The molecule has 0 amide bonds. The monoisotopic (exact) mass is 321 g/mol. The van der Waals surface area contributed by atoms with Crippen LogP contribution in [0.5, 0.6) is 0 Å². The van der Waals surface area contributed by atoms with Crippen molar-refractivity contribution in [3.05, 3.63) is 39.4 Å². The summed E-state index contributed by atoms with van der Waals surface area (Å²) in [6.45, 7) is 4.18. The van der Waals surface area contributed by atoms with Crippen molar-refractivity contribution in [3.8, 4) is 11.3 Å². The van der Waals surface area contributed by atoms with Crippen LogP contribution in [0.15, 0.2) is 28.7 Å². The maximum absolute atomic E-state index is 4.69. The quantitative estimate of drug-likeness (QED) is 0.711. The van der Waals surface area contributed by atoms with E-state index in [-0.39, 0.29) is 0 Å². The van der Waals surface area contributed by atoms with E-state index in [4.69, 9.17) is 4.98 Å². The first-order chi connectivity index (χ1) is 8.69. The number of halogens is 1. The summed E-state index contributed by atoms with van der Waals surface area (Å²) >= 11 is 5.15. The molecule has 92 valence electrons. The SMILES string of the molecule is CCc1nn2c(C)c(-c3cccc(Br)c3)nc2s1. The van der Waals surface area contributed by atoms with Crippen molar-refractivity contribution in [3.63, 3.8) is 0 Å². The number of fused-ring (bicyclic) bond motifs is 1. The van der Waals surface area contributed by atoms with Crippen LogP contribution in [0.25, 0.3) is 16.2 Å². The fraction of sp³-hybridized carbons (Fsp3) is 0.231. The largest absolute Gasteiger partial charge is 0.217 e. The second kappa shape index (κ2) is 4.48. The summed E-state index contributed by atoms with van der Waals surface area (Å²) in [5.41, 5.74) is 3.23. The van der Waals surface area contributed by atoms with Crippen LogP contribution in [0, 0.1) is 6.92 Å². The molecule has 5 heteroatoms. The Kier molecular flexibility index (Phi) is 2.95. The highest BCUT2D eigenvalue weighted by atomic mass is 79.9. The Bertz CT molecular complexity index is 714. The molecule has 18 heavy (non-hydrogen) atoms. The number of rotatable bonds is 2. The van der Waals surface area contributed by atoms with Crippen LogP contribution >= 0.6 is 27.3 Å². The normalized spacial score (nSPS) is 11.3. The van der Waals surface area contributed by atoms with Gasteiger partial charge in [0.1, 0.15) is 5.01 Å². The van der Waals surface area contributed by atoms with Crippen molar-refractivity contribution in [1.82, 2.24) is 14.6 Å². The molecule has 1 aromatic carbocycles. The minimum Gasteiger partial charge on any atom is -0.217 e. The molecule has 0 radical (unpaired) electrons. The first kappa shape index (κ1) is 11.9. The van der Waals surface area contributed by atoms with Gasteiger partial charge in [0.15, 0.2) is 0 Å². The lowest BCUT2D eigenvalue weighted by Gasteiger charge is -1.99. The molecule has 3 rings (SSSR count). The van der Waals surface area contributed by atoms with Crippen LogP contribution in [-0.4, -0.2) is 14.6 Å². The van der Waals surface area contributed by atoms with E-state index in [1.54, 1.807) is 11.3 Å². The molecule has 0 atom stereocenters. The molecule has 0 aliphatic heterocycles. The van der Waals surface area contributed by atoms with Gasteiger partial charge in [-0.3, -0.25) is 0 Å². The van der Waals surface area contributed by atoms with E-state index in [9.17, 15) is 0 Å². The summed E-state index contributed by atoms with van der Waals surface area (Å²) in [5, 5.41) is 5.69. The van der Waals surface area contributed by atoms with Crippen LogP contribution in [0.3, 0.4) is 0 Å². The van der Waals surface area contributed by atoms with Crippen molar-refractivity contribution < 1.29 is 0 Å². The van der Waals surface area contributed by atoms with Gasteiger partial charge in [0.05, 0.1) is 11.4 Å². The number of imidazole rings is 1. The first-order valence-electron chi connectivity index (χ1n) is 5.80. The fourth-order valence-corrected chi connectivity index (χ4v) is 3.22. The molecule has 0 fully saturated rings. The van der Waals surface area contributed by atoms with E-state index >= 15 is 0 Å². The van der Waals surface area contributed by atoms with Crippen LogP contribution in [-0.2, 0) is 6.42 Å². The number of nitrogens with zero attached hydrogens (tertiary/aromatic N) is 3. The van der Waals surface area contributed by atoms with Gasteiger partial charge >= 0.3 is 0 Å².